The molecule has 0 spiro atoms. The standard InChI is InChI=1S/C34H60O2SSi2/c1-13-14-15-19-24-37-32-27(2)25-31(36-39(11,12)34(6,7)8)30(32)23-22-29(26-28-20-17-16-18-21-28)35-38(9,10)33(3,4)5/h16-18,20-23,29-31H,13-15,19,24-26H2,1-12H3/b23-22+/t29?,30-,31+/m0/s1. The predicted octanol–water partition coefficient (Wildman–Crippen LogP) is 11.2. The van der Waals surface area contributed by atoms with E-state index in [1.165, 1.54) is 42.6 Å². The Hall–Kier alpha value is -0.596. The summed E-state index contributed by atoms with van der Waals surface area (Å²) in [5.41, 5.74) is 2.86. The number of hydrogen-bond donors (Lipinski definition) is 0. The molecule has 3 atom stereocenters. The Kier molecular flexibility index (Phi) is 12.9. The molecule has 0 N–H and O–H groups in total. The zero-order valence-electron chi connectivity index (χ0n) is 27.4. The molecule has 5 heteroatoms. The Morgan fingerprint density at radius 2 is 1.54 bits per heavy atom. The predicted molar refractivity (Wildman–Crippen MR) is 181 cm³/mol. The lowest BCUT2D eigenvalue weighted by molar-refractivity contribution is 0.164. The van der Waals surface area contributed by atoms with E-state index in [9.17, 15) is 0 Å². The topological polar surface area (TPSA) is 18.5 Å². The van der Waals surface area contributed by atoms with Crippen LogP contribution in [0.4, 0.5) is 0 Å². The summed E-state index contributed by atoms with van der Waals surface area (Å²) < 4.78 is 14.2. The van der Waals surface area contributed by atoms with Gasteiger partial charge in [0.25, 0.3) is 0 Å². The van der Waals surface area contributed by atoms with Gasteiger partial charge in [-0.05, 0) is 72.3 Å². The third-order valence-electron chi connectivity index (χ3n) is 9.20. The molecule has 0 aromatic heterocycles. The third-order valence-corrected chi connectivity index (χ3v) is 19.6. The first-order chi connectivity index (χ1) is 18.0. The van der Waals surface area contributed by atoms with Gasteiger partial charge in [0.05, 0.1) is 12.2 Å². The second kappa shape index (κ2) is 14.5. The van der Waals surface area contributed by atoms with Crippen LogP contribution in [0.2, 0.25) is 36.3 Å². The zero-order valence-corrected chi connectivity index (χ0v) is 30.3. The van der Waals surface area contributed by atoms with E-state index < -0.39 is 16.6 Å². The van der Waals surface area contributed by atoms with Crippen LogP contribution in [0.5, 0.6) is 0 Å². The van der Waals surface area contributed by atoms with Gasteiger partial charge >= 0.3 is 0 Å². The summed E-state index contributed by atoms with van der Waals surface area (Å²) in [6, 6.07) is 10.8. The average Bonchev–Trinajstić information content (AvgIpc) is 3.09. The minimum Gasteiger partial charge on any atom is -0.413 e. The highest BCUT2D eigenvalue weighted by Crippen LogP contribution is 2.46. The molecule has 2 rings (SSSR count). The number of rotatable bonds is 14. The van der Waals surface area contributed by atoms with E-state index in [0.717, 1.165) is 12.8 Å². The van der Waals surface area contributed by atoms with Crippen LogP contribution in [0.15, 0.2) is 53.0 Å². The summed E-state index contributed by atoms with van der Waals surface area (Å²) in [4.78, 5) is 1.55. The van der Waals surface area contributed by atoms with Crippen molar-refractivity contribution in [3.05, 3.63) is 58.5 Å². The molecule has 0 amide bonds. The van der Waals surface area contributed by atoms with Crippen molar-refractivity contribution in [1.29, 1.82) is 0 Å². The lowest BCUT2D eigenvalue weighted by atomic mass is 10.0. The van der Waals surface area contributed by atoms with E-state index in [2.05, 4.69) is 136 Å². The maximum absolute atomic E-state index is 7.13. The number of unbranched alkanes of at least 4 members (excludes halogenated alkanes) is 3. The Bertz CT molecular complexity index is 938. The Labute approximate surface area is 249 Å². The monoisotopic (exact) mass is 588 g/mol. The van der Waals surface area contributed by atoms with Gasteiger partial charge in [0.1, 0.15) is 0 Å². The van der Waals surface area contributed by atoms with Gasteiger partial charge in [-0.15, -0.1) is 11.8 Å². The second-order valence-corrected chi connectivity index (χ2v) is 25.3. The molecule has 1 aliphatic carbocycles. The molecule has 1 aromatic carbocycles. The summed E-state index contributed by atoms with van der Waals surface area (Å²) in [6.07, 6.45) is 12.4. The molecular formula is C34H60O2SSi2. The summed E-state index contributed by atoms with van der Waals surface area (Å²) in [5.74, 6) is 1.52. The Balaban J connectivity index is 2.37. The molecule has 222 valence electrons. The molecule has 0 heterocycles. The van der Waals surface area contributed by atoms with E-state index in [4.69, 9.17) is 8.85 Å². The summed E-state index contributed by atoms with van der Waals surface area (Å²) in [7, 11) is -3.83. The van der Waals surface area contributed by atoms with Crippen LogP contribution in [0, 0.1) is 5.92 Å². The minimum absolute atomic E-state index is 0.0681. The third kappa shape index (κ3) is 10.3. The van der Waals surface area contributed by atoms with Crippen LogP contribution in [-0.4, -0.2) is 34.6 Å². The maximum atomic E-state index is 7.13. The Morgan fingerprint density at radius 3 is 2.10 bits per heavy atom. The van der Waals surface area contributed by atoms with Crippen LogP contribution in [-0.2, 0) is 15.3 Å². The first-order valence-corrected chi connectivity index (χ1v) is 22.2. The average molecular weight is 589 g/mol. The summed E-state index contributed by atoms with van der Waals surface area (Å²) >= 11 is 2.09. The van der Waals surface area contributed by atoms with Crippen molar-refractivity contribution in [1.82, 2.24) is 0 Å². The van der Waals surface area contributed by atoms with E-state index in [-0.39, 0.29) is 22.3 Å². The molecule has 0 saturated carbocycles. The number of thioether (sulfide) groups is 1. The smallest absolute Gasteiger partial charge is 0.192 e. The lowest BCUT2D eigenvalue weighted by Crippen LogP contribution is -2.45. The highest BCUT2D eigenvalue weighted by Gasteiger charge is 2.43. The van der Waals surface area contributed by atoms with Crippen molar-refractivity contribution in [2.45, 2.75) is 142 Å². The summed E-state index contributed by atoms with van der Waals surface area (Å²) in [5, 5.41) is 0.375. The van der Waals surface area contributed by atoms with Gasteiger partial charge in [-0.1, -0.05) is 116 Å². The van der Waals surface area contributed by atoms with Crippen LogP contribution in [0.1, 0.15) is 93.1 Å². The van der Waals surface area contributed by atoms with Gasteiger partial charge in [-0.3, -0.25) is 0 Å². The van der Waals surface area contributed by atoms with Crippen molar-refractivity contribution in [3.8, 4) is 0 Å². The van der Waals surface area contributed by atoms with Gasteiger partial charge < -0.3 is 8.85 Å². The zero-order chi connectivity index (χ0) is 29.5. The highest BCUT2D eigenvalue weighted by atomic mass is 32.2. The van der Waals surface area contributed by atoms with E-state index in [0.29, 0.717) is 5.92 Å². The summed E-state index contributed by atoms with van der Waals surface area (Å²) in [6.45, 7) is 28.2. The van der Waals surface area contributed by atoms with Crippen LogP contribution >= 0.6 is 11.8 Å². The first-order valence-electron chi connectivity index (χ1n) is 15.4. The van der Waals surface area contributed by atoms with Gasteiger partial charge in [-0.2, -0.15) is 0 Å². The molecule has 0 radical (unpaired) electrons. The van der Waals surface area contributed by atoms with Gasteiger partial charge in [-0.25, -0.2) is 0 Å². The number of hydrogen-bond acceptors (Lipinski definition) is 3. The van der Waals surface area contributed by atoms with Crippen LogP contribution in [0.3, 0.4) is 0 Å². The molecule has 39 heavy (non-hydrogen) atoms. The number of benzene rings is 1. The normalized spacial score (nSPS) is 20.3. The molecule has 2 nitrogen and oxygen atoms in total. The highest BCUT2D eigenvalue weighted by molar-refractivity contribution is 8.03. The maximum Gasteiger partial charge on any atom is 0.192 e. The SMILES string of the molecule is CCCCCCSC1=C(C)C[C@@H](O[Si](C)(C)C(C)(C)C)[C@@H]1/C=C/C(Cc1ccccc1)O[Si](C)(C)C(C)(C)C. The molecule has 1 aliphatic rings. The van der Waals surface area contributed by atoms with Crippen molar-refractivity contribution in [2.75, 3.05) is 5.75 Å². The molecule has 1 aromatic rings. The Morgan fingerprint density at radius 1 is 0.923 bits per heavy atom. The van der Waals surface area contributed by atoms with Crippen LogP contribution < -0.4 is 0 Å². The van der Waals surface area contributed by atoms with Crippen molar-refractivity contribution in [3.63, 3.8) is 0 Å². The fraction of sp³-hybridized carbons (Fsp3) is 0.706. The molecule has 0 bridgehead atoms. The first kappa shape index (κ1) is 34.6. The fourth-order valence-electron chi connectivity index (χ4n) is 4.59. The largest absolute Gasteiger partial charge is 0.413 e. The van der Waals surface area contributed by atoms with E-state index >= 15 is 0 Å². The molecule has 0 fully saturated rings. The van der Waals surface area contributed by atoms with Crippen molar-refractivity contribution in [2.24, 2.45) is 5.92 Å². The lowest BCUT2D eigenvalue weighted by Gasteiger charge is -2.40. The quantitative estimate of drug-likeness (QED) is 0.122. The molecule has 0 aliphatic heterocycles. The second-order valence-electron chi connectivity index (χ2n) is 14.7. The minimum atomic E-state index is -1.94. The van der Waals surface area contributed by atoms with Crippen molar-refractivity contribution >= 4 is 28.4 Å². The fourth-order valence-corrected chi connectivity index (χ4v) is 8.52. The van der Waals surface area contributed by atoms with Gasteiger partial charge in [0.15, 0.2) is 16.6 Å². The van der Waals surface area contributed by atoms with E-state index in [1.54, 1.807) is 4.91 Å². The van der Waals surface area contributed by atoms with Gasteiger partial charge in [0.2, 0.25) is 0 Å². The van der Waals surface area contributed by atoms with Gasteiger partial charge in [0, 0.05) is 12.3 Å². The van der Waals surface area contributed by atoms with Crippen molar-refractivity contribution < 1.29 is 8.85 Å². The van der Waals surface area contributed by atoms with E-state index in [1.807, 2.05) is 0 Å². The van der Waals surface area contributed by atoms with Crippen LogP contribution in [0.25, 0.3) is 0 Å². The molecule has 1 unspecified atom stereocenters. The molecule has 0 saturated heterocycles. The molecular weight excluding hydrogens is 529 g/mol.